The molecule has 0 bridgehead atoms. The van der Waals surface area contributed by atoms with Crippen LogP contribution in [0.3, 0.4) is 0 Å². The van der Waals surface area contributed by atoms with Gasteiger partial charge in [-0.25, -0.2) is 9.59 Å². The number of nitrogens with two attached hydrogens (primary N) is 1. The fourth-order valence-corrected chi connectivity index (χ4v) is 6.40. The van der Waals surface area contributed by atoms with Gasteiger partial charge in [-0.1, -0.05) is 51.9 Å². The SMILES string of the molecule is CCCCCCCCCCOC(=O)C1=CCN(C)[C@@H]([C@H](O[C@@H]2O[C@H](CN)[C@@H](O)[C@H]2O)[C@H]2O[C@@H](n3ccc(=O)[nH]c3=O)[C@H](O)[C@@H]2O)C(=O)N1C. The predicted octanol–water partition coefficient (Wildman–Crippen LogP) is -1.71. The van der Waals surface area contributed by atoms with Crippen molar-refractivity contribution in [3.05, 3.63) is 44.9 Å². The van der Waals surface area contributed by atoms with Gasteiger partial charge >= 0.3 is 11.7 Å². The van der Waals surface area contributed by atoms with Gasteiger partial charge in [0.25, 0.3) is 5.56 Å². The van der Waals surface area contributed by atoms with E-state index in [0.717, 1.165) is 41.0 Å². The maximum absolute atomic E-state index is 14.2. The number of aliphatic hydroxyl groups is 4. The molecule has 276 valence electrons. The van der Waals surface area contributed by atoms with Crippen LogP contribution in [0.5, 0.6) is 0 Å². The van der Waals surface area contributed by atoms with Crippen molar-refractivity contribution in [2.24, 2.45) is 5.73 Å². The number of rotatable bonds is 16. The first kappa shape index (κ1) is 38.8. The Kier molecular flexibility index (Phi) is 14.1. The van der Waals surface area contributed by atoms with Gasteiger partial charge in [-0.15, -0.1) is 0 Å². The van der Waals surface area contributed by atoms with Gasteiger partial charge in [-0.05, 0) is 19.5 Å². The Hall–Kier alpha value is -3.00. The Balaban J connectivity index is 1.53. The maximum atomic E-state index is 14.2. The zero-order valence-electron chi connectivity index (χ0n) is 28.3. The van der Waals surface area contributed by atoms with Crippen LogP contribution in [0.2, 0.25) is 0 Å². The molecule has 0 radical (unpaired) electrons. The van der Waals surface area contributed by atoms with Gasteiger partial charge in [0.1, 0.15) is 54.5 Å². The summed E-state index contributed by atoms with van der Waals surface area (Å²) in [7, 11) is 2.94. The molecule has 0 spiro atoms. The van der Waals surface area contributed by atoms with Gasteiger partial charge in [0.05, 0.1) is 6.61 Å². The summed E-state index contributed by atoms with van der Waals surface area (Å²) < 4.78 is 24.1. The number of carbonyl (C=O) groups excluding carboxylic acids is 2. The minimum absolute atomic E-state index is 0.0148. The number of aromatic amines is 1. The molecule has 49 heavy (non-hydrogen) atoms. The molecule has 7 N–H and O–H groups in total. The first-order valence-electron chi connectivity index (χ1n) is 17.0. The number of hydrogen-bond acceptors (Lipinski definition) is 14. The molecule has 1 amide bonds. The summed E-state index contributed by atoms with van der Waals surface area (Å²) >= 11 is 0. The molecule has 3 aliphatic rings. The van der Waals surface area contributed by atoms with Gasteiger partial charge in [-0.3, -0.25) is 24.0 Å². The van der Waals surface area contributed by atoms with Crippen molar-refractivity contribution in [1.29, 1.82) is 0 Å². The third-order valence-electron chi connectivity index (χ3n) is 9.31. The van der Waals surface area contributed by atoms with E-state index in [2.05, 4.69) is 11.9 Å². The Morgan fingerprint density at radius 3 is 2.29 bits per heavy atom. The first-order valence-corrected chi connectivity index (χ1v) is 17.0. The molecule has 0 saturated carbocycles. The van der Waals surface area contributed by atoms with Crippen LogP contribution in [0.4, 0.5) is 0 Å². The first-order chi connectivity index (χ1) is 23.4. The molecule has 2 saturated heterocycles. The van der Waals surface area contributed by atoms with E-state index in [1.54, 1.807) is 7.05 Å². The zero-order chi connectivity index (χ0) is 35.8. The molecule has 2 fully saturated rings. The lowest BCUT2D eigenvalue weighted by Crippen LogP contribution is -2.59. The molecule has 1 aromatic heterocycles. The number of hydrogen-bond donors (Lipinski definition) is 6. The largest absolute Gasteiger partial charge is 0.461 e. The summed E-state index contributed by atoms with van der Waals surface area (Å²) in [4.78, 5) is 56.2. The number of esters is 1. The normalized spacial score (nSPS) is 31.5. The Morgan fingerprint density at radius 2 is 1.65 bits per heavy atom. The standard InChI is InChI=1S/C32H51N5O12/c1-4-5-6-7-8-9-10-11-16-46-30(44)18-12-14-35(2)21(28(43)36(18)3)26(49-31-25(42)22(39)19(17-33)47-31)27-23(40)24(41)29(48-27)37-15-13-20(38)34-32(37)45/h12-13,15,19,21-27,29,31,39-42H,4-11,14,16-17,33H2,1-3H3,(H,34,38,45)/t19-,21+,22-,23+,24-,25-,26+,27+,29-,31+/m1/s1. The summed E-state index contributed by atoms with van der Waals surface area (Å²) in [6, 6.07) is -0.303. The highest BCUT2D eigenvalue weighted by Crippen LogP contribution is 2.36. The third kappa shape index (κ3) is 9.03. The van der Waals surface area contributed by atoms with Crippen LogP contribution in [-0.4, -0.2) is 141 Å². The van der Waals surface area contributed by atoms with Crippen molar-refractivity contribution in [3.8, 4) is 0 Å². The second kappa shape index (κ2) is 17.8. The number of amides is 1. The van der Waals surface area contributed by atoms with E-state index >= 15 is 0 Å². The lowest BCUT2D eigenvalue weighted by Gasteiger charge is -2.38. The molecule has 4 rings (SSSR count). The van der Waals surface area contributed by atoms with Crippen LogP contribution in [0, 0.1) is 0 Å². The minimum atomic E-state index is -1.76. The van der Waals surface area contributed by atoms with Crippen LogP contribution in [0.25, 0.3) is 0 Å². The molecule has 0 unspecified atom stereocenters. The third-order valence-corrected chi connectivity index (χ3v) is 9.31. The molecule has 17 heteroatoms. The Labute approximate surface area is 284 Å². The van der Waals surface area contributed by atoms with Crippen molar-refractivity contribution in [3.63, 3.8) is 0 Å². The summed E-state index contributed by atoms with van der Waals surface area (Å²) in [6.07, 6.45) is -2.52. The fourth-order valence-electron chi connectivity index (χ4n) is 6.40. The molecule has 10 atom stereocenters. The van der Waals surface area contributed by atoms with E-state index in [1.165, 1.54) is 43.7 Å². The van der Waals surface area contributed by atoms with Gasteiger partial charge < -0.3 is 50.0 Å². The number of unbranched alkanes of at least 4 members (excludes halogenated alkanes) is 7. The second-order valence-corrected chi connectivity index (χ2v) is 12.8. The molecule has 3 aliphatic heterocycles. The lowest BCUT2D eigenvalue weighted by atomic mass is 9.97. The molecular weight excluding hydrogens is 646 g/mol. The van der Waals surface area contributed by atoms with E-state index in [-0.39, 0.29) is 25.4 Å². The number of likely N-dealkylation sites (N-methyl/N-ethyl adjacent to an activating group) is 2. The van der Waals surface area contributed by atoms with Crippen LogP contribution in [0.15, 0.2) is 33.6 Å². The summed E-state index contributed by atoms with van der Waals surface area (Å²) in [6.45, 7) is 2.22. The van der Waals surface area contributed by atoms with Crippen LogP contribution >= 0.6 is 0 Å². The van der Waals surface area contributed by atoms with Gasteiger partial charge in [-0.2, -0.15) is 0 Å². The van der Waals surface area contributed by atoms with Crippen molar-refractivity contribution in [2.75, 3.05) is 33.8 Å². The van der Waals surface area contributed by atoms with Gasteiger partial charge in [0.15, 0.2) is 12.5 Å². The van der Waals surface area contributed by atoms with Crippen molar-refractivity contribution >= 4 is 11.9 Å². The number of aromatic nitrogens is 2. The number of H-pyrrole nitrogens is 1. The number of carbonyl (C=O) groups is 2. The average Bonchev–Trinajstić information content (AvgIpc) is 3.47. The quantitative estimate of drug-likeness (QED) is 0.0833. The van der Waals surface area contributed by atoms with E-state index in [4.69, 9.17) is 24.7 Å². The average molecular weight is 698 g/mol. The van der Waals surface area contributed by atoms with Crippen LogP contribution < -0.4 is 17.0 Å². The maximum Gasteiger partial charge on any atom is 0.354 e. The lowest BCUT2D eigenvalue weighted by molar-refractivity contribution is -0.232. The highest BCUT2D eigenvalue weighted by molar-refractivity contribution is 5.96. The van der Waals surface area contributed by atoms with Crippen molar-refractivity contribution in [2.45, 2.75) is 120 Å². The molecule has 17 nitrogen and oxygen atoms in total. The molecule has 1 aromatic rings. The van der Waals surface area contributed by atoms with Gasteiger partial charge in [0.2, 0.25) is 5.91 Å². The van der Waals surface area contributed by atoms with Crippen molar-refractivity contribution < 1.29 is 49.0 Å². The van der Waals surface area contributed by atoms with E-state index in [9.17, 15) is 39.6 Å². The van der Waals surface area contributed by atoms with E-state index in [0.29, 0.717) is 6.42 Å². The van der Waals surface area contributed by atoms with Crippen LogP contribution in [-0.2, 0) is 28.5 Å². The predicted molar refractivity (Wildman–Crippen MR) is 173 cm³/mol. The second-order valence-electron chi connectivity index (χ2n) is 12.8. The smallest absolute Gasteiger partial charge is 0.354 e. The Morgan fingerprint density at radius 1 is 0.980 bits per heavy atom. The molecular formula is C32H51N5O12. The number of nitrogens with one attached hydrogen (secondary N) is 1. The number of ether oxygens (including phenoxy) is 4. The highest BCUT2D eigenvalue weighted by atomic mass is 16.7. The topological polar surface area (TPSA) is 239 Å². The summed E-state index contributed by atoms with van der Waals surface area (Å²) in [5, 5.41) is 43.4. The number of nitrogens with zero attached hydrogens (tertiary/aromatic N) is 3. The molecule has 0 aliphatic carbocycles. The van der Waals surface area contributed by atoms with Crippen molar-refractivity contribution in [1.82, 2.24) is 19.4 Å². The number of aliphatic hydroxyl groups excluding tert-OH is 4. The van der Waals surface area contributed by atoms with Gasteiger partial charge in [0, 0.05) is 32.4 Å². The zero-order valence-corrected chi connectivity index (χ0v) is 28.3. The fraction of sp³-hybridized carbons (Fsp3) is 0.750. The van der Waals surface area contributed by atoms with Crippen LogP contribution in [0.1, 0.15) is 64.5 Å². The monoisotopic (exact) mass is 697 g/mol. The molecule has 0 aromatic carbocycles. The highest BCUT2D eigenvalue weighted by Gasteiger charge is 2.55. The molecule has 4 heterocycles. The van der Waals surface area contributed by atoms with E-state index < -0.39 is 84.4 Å². The minimum Gasteiger partial charge on any atom is -0.461 e. The summed E-state index contributed by atoms with van der Waals surface area (Å²) in [5.41, 5.74) is 4.04. The summed E-state index contributed by atoms with van der Waals surface area (Å²) in [5.74, 6) is -1.38. The van der Waals surface area contributed by atoms with E-state index in [1.807, 2.05) is 0 Å². The Bertz CT molecular complexity index is 1400.